The standard InChI is InChI=1S/C11H17N5O3.ClH/c1-2-3-8-10(16(18)19)9(15-14-8)11(17)13-6-7-4-12-5-7;/h7,12H,2-6H2,1H3,(H,13,17)(H,14,15);1H. The van der Waals surface area contributed by atoms with Crippen molar-refractivity contribution in [3.8, 4) is 0 Å². The normalized spacial score (nSPS) is 14.2. The fourth-order valence-electron chi connectivity index (χ4n) is 1.97. The minimum Gasteiger partial charge on any atom is -0.350 e. The molecule has 0 radical (unpaired) electrons. The lowest BCUT2D eigenvalue weighted by Gasteiger charge is -2.26. The van der Waals surface area contributed by atoms with Crippen molar-refractivity contribution in [1.82, 2.24) is 20.8 Å². The Morgan fingerprint density at radius 2 is 2.25 bits per heavy atom. The molecule has 2 heterocycles. The second-order valence-electron chi connectivity index (χ2n) is 4.64. The second-order valence-corrected chi connectivity index (χ2v) is 4.64. The molecule has 3 N–H and O–H groups in total. The highest BCUT2D eigenvalue weighted by molar-refractivity contribution is 5.96. The van der Waals surface area contributed by atoms with Crippen molar-refractivity contribution in [2.24, 2.45) is 5.92 Å². The molecule has 8 nitrogen and oxygen atoms in total. The van der Waals surface area contributed by atoms with Crippen LogP contribution >= 0.6 is 12.4 Å². The predicted molar refractivity (Wildman–Crippen MR) is 75.2 cm³/mol. The summed E-state index contributed by atoms with van der Waals surface area (Å²) in [6.07, 6.45) is 1.25. The van der Waals surface area contributed by atoms with Gasteiger partial charge in [0.15, 0.2) is 0 Å². The molecule has 20 heavy (non-hydrogen) atoms. The van der Waals surface area contributed by atoms with Gasteiger partial charge in [-0.15, -0.1) is 12.4 Å². The fourth-order valence-corrected chi connectivity index (χ4v) is 1.97. The molecule has 2 rings (SSSR count). The molecule has 0 unspecified atom stereocenters. The molecule has 0 spiro atoms. The van der Waals surface area contributed by atoms with Gasteiger partial charge >= 0.3 is 5.69 Å². The van der Waals surface area contributed by atoms with E-state index in [4.69, 9.17) is 0 Å². The van der Waals surface area contributed by atoms with Crippen LogP contribution in [0, 0.1) is 16.0 Å². The van der Waals surface area contributed by atoms with Crippen molar-refractivity contribution < 1.29 is 9.72 Å². The van der Waals surface area contributed by atoms with Crippen molar-refractivity contribution in [2.45, 2.75) is 19.8 Å². The van der Waals surface area contributed by atoms with Crippen molar-refractivity contribution in [3.63, 3.8) is 0 Å². The van der Waals surface area contributed by atoms with Crippen LogP contribution in [0.15, 0.2) is 0 Å². The molecule has 0 aromatic carbocycles. The predicted octanol–water partition coefficient (Wildman–Crippen LogP) is 0.641. The maximum Gasteiger partial charge on any atom is 0.322 e. The lowest BCUT2D eigenvalue weighted by atomic mass is 10.0. The summed E-state index contributed by atoms with van der Waals surface area (Å²) < 4.78 is 0. The topological polar surface area (TPSA) is 113 Å². The number of rotatable bonds is 6. The molecular weight excluding hydrogens is 286 g/mol. The lowest BCUT2D eigenvalue weighted by molar-refractivity contribution is -0.385. The van der Waals surface area contributed by atoms with E-state index in [1.54, 1.807) is 0 Å². The Balaban J connectivity index is 0.00000200. The third-order valence-corrected chi connectivity index (χ3v) is 3.13. The zero-order valence-corrected chi connectivity index (χ0v) is 12.0. The van der Waals surface area contributed by atoms with Crippen molar-refractivity contribution >= 4 is 24.0 Å². The van der Waals surface area contributed by atoms with Gasteiger partial charge in [0.25, 0.3) is 5.91 Å². The molecule has 0 bridgehead atoms. The molecule has 1 aliphatic rings. The number of nitrogens with zero attached hydrogens (tertiary/aromatic N) is 2. The average molecular weight is 304 g/mol. The summed E-state index contributed by atoms with van der Waals surface area (Å²) in [6, 6.07) is 0. The molecule has 9 heteroatoms. The Hall–Kier alpha value is -1.67. The number of carbonyl (C=O) groups excluding carboxylic acids is 1. The second kappa shape index (κ2) is 7.20. The minimum atomic E-state index is -0.547. The van der Waals surface area contributed by atoms with E-state index in [2.05, 4.69) is 20.8 Å². The quantitative estimate of drug-likeness (QED) is 0.527. The van der Waals surface area contributed by atoms with E-state index in [0.717, 1.165) is 19.5 Å². The smallest absolute Gasteiger partial charge is 0.322 e. The van der Waals surface area contributed by atoms with Crippen molar-refractivity contribution in [3.05, 3.63) is 21.5 Å². The maximum atomic E-state index is 11.9. The highest BCUT2D eigenvalue weighted by Gasteiger charge is 2.29. The Morgan fingerprint density at radius 3 is 2.75 bits per heavy atom. The average Bonchev–Trinajstić information content (AvgIpc) is 2.71. The number of carbonyl (C=O) groups is 1. The van der Waals surface area contributed by atoms with Crippen molar-refractivity contribution in [2.75, 3.05) is 19.6 Å². The number of hydrogen-bond acceptors (Lipinski definition) is 5. The van der Waals surface area contributed by atoms with Crippen LogP contribution < -0.4 is 10.6 Å². The van der Waals surface area contributed by atoms with Crippen LogP contribution in [0.3, 0.4) is 0 Å². The van der Waals surface area contributed by atoms with Gasteiger partial charge in [0.2, 0.25) is 5.69 Å². The zero-order chi connectivity index (χ0) is 13.8. The lowest BCUT2D eigenvalue weighted by Crippen LogP contribution is -2.48. The van der Waals surface area contributed by atoms with E-state index in [1.165, 1.54) is 0 Å². The molecule has 0 atom stereocenters. The molecule has 1 fully saturated rings. The molecule has 0 aliphatic carbocycles. The third kappa shape index (κ3) is 3.45. The largest absolute Gasteiger partial charge is 0.350 e. The van der Waals surface area contributed by atoms with Gasteiger partial charge in [-0.1, -0.05) is 13.3 Å². The van der Waals surface area contributed by atoms with Gasteiger partial charge in [-0.05, 0) is 6.42 Å². The summed E-state index contributed by atoms with van der Waals surface area (Å²) >= 11 is 0. The number of aryl methyl sites for hydroxylation is 1. The first-order chi connectivity index (χ1) is 9.13. The van der Waals surface area contributed by atoms with Crippen LogP contribution in [-0.2, 0) is 6.42 Å². The summed E-state index contributed by atoms with van der Waals surface area (Å²) in [4.78, 5) is 22.4. The number of H-pyrrole nitrogens is 1. The van der Waals surface area contributed by atoms with Gasteiger partial charge in [0.05, 0.1) is 4.92 Å². The van der Waals surface area contributed by atoms with Gasteiger partial charge in [-0.25, -0.2) is 0 Å². The van der Waals surface area contributed by atoms with Crippen LogP contribution in [-0.4, -0.2) is 40.7 Å². The Kier molecular flexibility index (Phi) is 5.90. The van der Waals surface area contributed by atoms with E-state index in [1.807, 2.05) is 6.92 Å². The number of aromatic nitrogens is 2. The van der Waals surface area contributed by atoms with E-state index in [-0.39, 0.29) is 23.8 Å². The highest BCUT2D eigenvalue weighted by atomic mass is 35.5. The Bertz CT molecular complexity index is 486. The van der Waals surface area contributed by atoms with Gasteiger partial charge in [0.1, 0.15) is 5.69 Å². The van der Waals surface area contributed by atoms with Crippen LogP contribution in [0.5, 0.6) is 0 Å². The molecule has 112 valence electrons. The molecule has 0 saturated carbocycles. The maximum absolute atomic E-state index is 11.9. The van der Waals surface area contributed by atoms with E-state index >= 15 is 0 Å². The third-order valence-electron chi connectivity index (χ3n) is 3.13. The van der Waals surface area contributed by atoms with Crippen LogP contribution in [0.1, 0.15) is 29.5 Å². The summed E-state index contributed by atoms with van der Waals surface area (Å²) in [7, 11) is 0. The Morgan fingerprint density at radius 1 is 1.55 bits per heavy atom. The summed E-state index contributed by atoms with van der Waals surface area (Å²) in [5.74, 6) is -0.0886. The Labute approximate surface area is 122 Å². The zero-order valence-electron chi connectivity index (χ0n) is 11.1. The van der Waals surface area contributed by atoms with Crippen LogP contribution in [0.2, 0.25) is 0 Å². The molecule has 1 aliphatic heterocycles. The van der Waals surface area contributed by atoms with Gasteiger partial charge < -0.3 is 10.6 Å². The molecule has 1 amide bonds. The number of nitro groups is 1. The van der Waals surface area contributed by atoms with E-state index < -0.39 is 10.8 Å². The molecule has 1 aromatic heterocycles. The number of aromatic amines is 1. The first-order valence-corrected chi connectivity index (χ1v) is 6.34. The summed E-state index contributed by atoms with van der Waals surface area (Å²) in [5, 5.41) is 23.2. The van der Waals surface area contributed by atoms with Gasteiger partial charge in [-0.2, -0.15) is 5.10 Å². The first-order valence-electron chi connectivity index (χ1n) is 6.34. The SMILES string of the molecule is CCCc1[nH]nc(C(=O)NCC2CNC2)c1[N+](=O)[O-].Cl. The number of hydrogen-bond donors (Lipinski definition) is 3. The first kappa shape index (κ1) is 16.4. The van der Waals surface area contributed by atoms with E-state index in [9.17, 15) is 14.9 Å². The van der Waals surface area contributed by atoms with Crippen LogP contribution in [0.25, 0.3) is 0 Å². The fraction of sp³-hybridized carbons (Fsp3) is 0.636. The molecular formula is C11H18ClN5O3. The monoisotopic (exact) mass is 303 g/mol. The number of halogens is 1. The highest BCUT2D eigenvalue weighted by Crippen LogP contribution is 2.22. The molecule has 1 saturated heterocycles. The van der Waals surface area contributed by atoms with Crippen molar-refractivity contribution in [1.29, 1.82) is 0 Å². The van der Waals surface area contributed by atoms with Gasteiger partial charge in [-0.3, -0.25) is 20.0 Å². The summed E-state index contributed by atoms with van der Waals surface area (Å²) in [5.41, 5.74) is 0.0785. The summed E-state index contributed by atoms with van der Waals surface area (Å²) in [6.45, 7) is 4.15. The minimum absolute atomic E-state index is 0. The van der Waals surface area contributed by atoms with Gasteiger partial charge in [0, 0.05) is 25.6 Å². The number of nitrogens with one attached hydrogen (secondary N) is 3. The number of amides is 1. The van der Waals surface area contributed by atoms with E-state index in [0.29, 0.717) is 24.6 Å². The molecule has 1 aromatic rings. The van der Waals surface area contributed by atoms with Crippen LogP contribution in [0.4, 0.5) is 5.69 Å².